The van der Waals surface area contributed by atoms with E-state index in [2.05, 4.69) is 11.0 Å². The molecule has 4 nitrogen and oxygen atoms in total. The zero-order valence-electron chi connectivity index (χ0n) is 9.94. The first-order chi connectivity index (χ1) is 8.27. The molecule has 2 fully saturated rings. The molecule has 0 aromatic carbocycles. The summed E-state index contributed by atoms with van der Waals surface area (Å²) in [6.07, 6.45) is 3.80. The molecule has 5 heteroatoms. The van der Waals surface area contributed by atoms with Crippen molar-refractivity contribution in [1.29, 1.82) is 5.26 Å². The topological polar surface area (TPSA) is 53.3 Å². The molecule has 1 heterocycles. The number of morpholine rings is 1. The standard InChI is InChI=1S/C12H16N2O2S/c1-17-12(14-4-6-16-7-5-14)10(8-13)11(15)9-2-3-9/h9H,2-7H2,1H3/b12-10-. The summed E-state index contributed by atoms with van der Waals surface area (Å²) in [5.74, 6) is 0.135. The maximum absolute atomic E-state index is 12.0. The van der Waals surface area contributed by atoms with E-state index < -0.39 is 0 Å². The van der Waals surface area contributed by atoms with Crippen LogP contribution in [-0.2, 0) is 9.53 Å². The Kier molecular flexibility index (Phi) is 4.08. The second-order valence-corrected chi connectivity index (χ2v) is 5.03. The van der Waals surface area contributed by atoms with E-state index in [1.165, 1.54) is 11.8 Å². The van der Waals surface area contributed by atoms with Crippen LogP contribution in [-0.4, -0.2) is 43.2 Å². The summed E-state index contributed by atoms with van der Waals surface area (Å²) in [6, 6.07) is 2.10. The third-order valence-corrected chi connectivity index (χ3v) is 3.86. The Bertz CT molecular complexity index is 376. The van der Waals surface area contributed by atoms with Crippen LogP contribution in [0.1, 0.15) is 12.8 Å². The van der Waals surface area contributed by atoms with Gasteiger partial charge in [0, 0.05) is 19.0 Å². The number of hydrogen-bond acceptors (Lipinski definition) is 5. The largest absolute Gasteiger partial charge is 0.378 e. The van der Waals surface area contributed by atoms with E-state index in [0.29, 0.717) is 18.8 Å². The monoisotopic (exact) mass is 252 g/mol. The van der Waals surface area contributed by atoms with Crippen LogP contribution in [0.4, 0.5) is 0 Å². The molecule has 1 saturated carbocycles. The van der Waals surface area contributed by atoms with Gasteiger partial charge < -0.3 is 9.64 Å². The van der Waals surface area contributed by atoms with Crippen molar-refractivity contribution in [2.45, 2.75) is 12.8 Å². The first-order valence-electron chi connectivity index (χ1n) is 5.83. The fourth-order valence-electron chi connectivity index (χ4n) is 1.91. The number of ketones is 1. The predicted octanol–water partition coefficient (Wildman–Crippen LogP) is 1.40. The van der Waals surface area contributed by atoms with Gasteiger partial charge in [-0.1, -0.05) is 0 Å². The number of carbonyl (C=O) groups is 1. The number of Topliss-reactive ketones (excluding diaryl/α,β-unsaturated/α-hetero) is 1. The lowest BCUT2D eigenvalue weighted by Gasteiger charge is -2.30. The molecular formula is C12H16N2O2S. The number of nitrogens with zero attached hydrogens (tertiary/aromatic N) is 2. The fourth-order valence-corrected chi connectivity index (χ4v) is 2.70. The summed E-state index contributed by atoms with van der Waals surface area (Å²) in [4.78, 5) is 14.1. The van der Waals surface area contributed by atoms with Crippen molar-refractivity contribution in [3.8, 4) is 6.07 Å². The Morgan fingerprint density at radius 1 is 1.41 bits per heavy atom. The molecule has 0 radical (unpaired) electrons. The van der Waals surface area contributed by atoms with Crippen molar-refractivity contribution < 1.29 is 9.53 Å². The van der Waals surface area contributed by atoms with E-state index in [-0.39, 0.29) is 11.7 Å². The van der Waals surface area contributed by atoms with E-state index in [1.54, 1.807) is 0 Å². The van der Waals surface area contributed by atoms with Gasteiger partial charge in [-0.05, 0) is 19.1 Å². The minimum Gasteiger partial charge on any atom is -0.378 e. The Morgan fingerprint density at radius 3 is 2.53 bits per heavy atom. The third kappa shape index (κ3) is 2.82. The molecular weight excluding hydrogens is 236 g/mol. The second-order valence-electron chi connectivity index (χ2n) is 4.23. The molecule has 0 bridgehead atoms. The van der Waals surface area contributed by atoms with Gasteiger partial charge >= 0.3 is 0 Å². The van der Waals surface area contributed by atoms with Gasteiger partial charge in [-0.3, -0.25) is 4.79 Å². The van der Waals surface area contributed by atoms with Crippen LogP contribution >= 0.6 is 11.8 Å². The zero-order chi connectivity index (χ0) is 12.3. The van der Waals surface area contributed by atoms with Crippen LogP contribution < -0.4 is 0 Å². The molecule has 0 spiro atoms. The maximum Gasteiger partial charge on any atom is 0.179 e. The molecule has 92 valence electrons. The molecule has 2 rings (SSSR count). The molecule has 0 aromatic rings. The Morgan fingerprint density at radius 2 is 2.06 bits per heavy atom. The minimum atomic E-state index is 0.0309. The van der Waals surface area contributed by atoms with Crippen LogP contribution in [0.5, 0.6) is 0 Å². The number of allylic oxidation sites excluding steroid dienone is 1. The first kappa shape index (κ1) is 12.5. The number of nitriles is 1. The number of rotatable bonds is 4. The normalized spacial score (nSPS) is 21.8. The van der Waals surface area contributed by atoms with Crippen molar-refractivity contribution in [2.24, 2.45) is 5.92 Å². The van der Waals surface area contributed by atoms with Gasteiger partial charge in [0.25, 0.3) is 0 Å². The molecule has 0 atom stereocenters. The average molecular weight is 252 g/mol. The SMILES string of the molecule is CS/C(=C(/C#N)C(=O)C1CC1)N1CCOCC1. The lowest BCUT2D eigenvalue weighted by atomic mass is 10.1. The number of thioether (sulfide) groups is 1. The highest BCUT2D eigenvalue weighted by Crippen LogP contribution is 2.35. The van der Waals surface area contributed by atoms with E-state index >= 15 is 0 Å². The van der Waals surface area contributed by atoms with Gasteiger partial charge in [0.05, 0.1) is 18.2 Å². The van der Waals surface area contributed by atoms with Gasteiger partial charge in [-0.25, -0.2) is 0 Å². The van der Waals surface area contributed by atoms with Crippen molar-refractivity contribution in [3.63, 3.8) is 0 Å². The summed E-state index contributed by atoms with van der Waals surface area (Å²) >= 11 is 1.49. The summed E-state index contributed by atoms with van der Waals surface area (Å²) in [5.41, 5.74) is 0.349. The lowest BCUT2D eigenvalue weighted by Crippen LogP contribution is -2.36. The lowest BCUT2D eigenvalue weighted by molar-refractivity contribution is -0.116. The van der Waals surface area contributed by atoms with Crippen molar-refractivity contribution in [2.75, 3.05) is 32.6 Å². The van der Waals surface area contributed by atoms with Crippen molar-refractivity contribution in [3.05, 3.63) is 10.6 Å². The maximum atomic E-state index is 12.0. The van der Waals surface area contributed by atoms with Crippen LogP contribution in [0.15, 0.2) is 10.6 Å². The van der Waals surface area contributed by atoms with E-state index in [0.717, 1.165) is 31.0 Å². The second kappa shape index (κ2) is 5.56. The zero-order valence-corrected chi connectivity index (χ0v) is 10.8. The number of hydrogen-bond donors (Lipinski definition) is 0. The van der Waals surface area contributed by atoms with Crippen LogP contribution in [0.25, 0.3) is 0 Å². The molecule has 0 amide bonds. The molecule has 0 unspecified atom stereocenters. The van der Waals surface area contributed by atoms with Crippen LogP contribution in [0, 0.1) is 17.2 Å². The predicted molar refractivity (Wildman–Crippen MR) is 66.3 cm³/mol. The Balaban J connectivity index is 2.21. The average Bonchev–Trinajstić information content (AvgIpc) is 3.20. The van der Waals surface area contributed by atoms with Crippen molar-refractivity contribution >= 4 is 17.5 Å². The molecule has 1 aliphatic heterocycles. The van der Waals surface area contributed by atoms with Gasteiger partial charge in [0.2, 0.25) is 0 Å². The highest BCUT2D eigenvalue weighted by Gasteiger charge is 2.34. The van der Waals surface area contributed by atoms with E-state index in [4.69, 9.17) is 4.74 Å². The van der Waals surface area contributed by atoms with Gasteiger partial charge in [-0.2, -0.15) is 5.26 Å². The molecule has 1 saturated heterocycles. The first-order valence-corrected chi connectivity index (χ1v) is 7.05. The summed E-state index contributed by atoms with van der Waals surface area (Å²) in [5, 5.41) is 10.0. The number of ether oxygens (including phenoxy) is 1. The highest BCUT2D eigenvalue weighted by molar-refractivity contribution is 8.02. The molecule has 17 heavy (non-hydrogen) atoms. The van der Waals surface area contributed by atoms with Gasteiger partial charge in [0.15, 0.2) is 5.78 Å². The van der Waals surface area contributed by atoms with Crippen molar-refractivity contribution in [1.82, 2.24) is 4.90 Å². The molecule has 2 aliphatic rings. The summed E-state index contributed by atoms with van der Waals surface area (Å²) < 4.78 is 5.29. The molecule has 1 aliphatic carbocycles. The smallest absolute Gasteiger partial charge is 0.179 e. The van der Waals surface area contributed by atoms with E-state index in [9.17, 15) is 10.1 Å². The Hall–Kier alpha value is -0.990. The Labute approximate surface area is 106 Å². The molecule has 0 aromatic heterocycles. The van der Waals surface area contributed by atoms with Crippen LogP contribution in [0.3, 0.4) is 0 Å². The van der Waals surface area contributed by atoms with Crippen LogP contribution in [0.2, 0.25) is 0 Å². The number of carbonyl (C=O) groups excluding carboxylic acids is 1. The van der Waals surface area contributed by atoms with Gasteiger partial charge in [-0.15, -0.1) is 11.8 Å². The van der Waals surface area contributed by atoms with E-state index in [1.807, 2.05) is 6.26 Å². The summed E-state index contributed by atoms with van der Waals surface area (Å²) in [6.45, 7) is 2.86. The van der Waals surface area contributed by atoms with Gasteiger partial charge in [0.1, 0.15) is 11.6 Å². The minimum absolute atomic E-state index is 0.0309. The molecule has 0 N–H and O–H groups in total. The fraction of sp³-hybridized carbons (Fsp3) is 0.667. The third-order valence-electron chi connectivity index (χ3n) is 3.01. The quantitative estimate of drug-likeness (QED) is 0.559. The summed E-state index contributed by atoms with van der Waals surface area (Å²) in [7, 11) is 0. The highest BCUT2D eigenvalue weighted by atomic mass is 32.2.